The van der Waals surface area contributed by atoms with Gasteiger partial charge in [-0.15, -0.1) is 0 Å². The number of benzene rings is 1. The number of Topliss-reactive ketones (excluding diaryl/α,β-unsaturated/α-hetero) is 1. The Morgan fingerprint density at radius 3 is 2.64 bits per heavy atom. The van der Waals surface area contributed by atoms with Crippen molar-refractivity contribution in [3.05, 3.63) is 29.3 Å². The van der Waals surface area contributed by atoms with Crippen LogP contribution < -0.4 is 4.90 Å². The van der Waals surface area contributed by atoms with E-state index in [1.807, 2.05) is 19.9 Å². The Morgan fingerprint density at radius 2 is 2.00 bits per heavy atom. The summed E-state index contributed by atoms with van der Waals surface area (Å²) in [5.74, 6) is -0.789. The number of likely N-dealkylation sites (N-methyl/N-ethyl adjacent to an activating group) is 1. The van der Waals surface area contributed by atoms with Crippen LogP contribution in [0, 0.1) is 6.92 Å². The minimum Gasteiger partial charge on any atom is -0.305 e. The quantitative estimate of drug-likeness (QED) is 0.628. The van der Waals surface area contributed by atoms with Crippen molar-refractivity contribution in [2.45, 2.75) is 13.8 Å². The number of nitrogens with zero attached hydrogens (tertiary/aromatic N) is 1. The highest BCUT2D eigenvalue weighted by atomic mass is 16.2. The molecule has 1 heterocycles. The van der Waals surface area contributed by atoms with Crippen LogP contribution in [0.3, 0.4) is 0 Å². The molecule has 0 unspecified atom stereocenters. The first-order chi connectivity index (χ1) is 6.66. The van der Waals surface area contributed by atoms with Crippen LogP contribution in [0.5, 0.6) is 0 Å². The van der Waals surface area contributed by atoms with E-state index in [0.29, 0.717) is 12.1 Å². The molecule has 0 saturated heterocycles. The maximum Gasteiger partial charge on any atom is 0.299 e. The van der Waals surface area contributed by atoms with Gasteiger partial charge in [0.2, 0.25) is 0 Å². The van der Waals surface area contributed by atoms with Gasteiger partial charge in [0.05, 0.1) is 11.3 Å². The predicted octanol–water partition coefficient (Wildman–Crippen LogP) is 1.54. The molecular weight excluding hydrogens is 178 g/mol. The highest BCUT2D eigenvalue weighted by Gasteiger charge is 2.35. The van der Waals surface area contributed by atoms with Crippen molar-refractivity contribution in [1.82, 2.24) is 0 Å². The monoisotopic (exact) mass is 189 g/mol. The number of hydrogen-bond acceptors (Lipinski definition) is 2. The third-order valence-corrected chi connectivity index (χ3v) is 2.51. The molecule has 0 saturated carbocycles. The van der Waals surface area contributed by atoms with Crippen LogP contribution in [0.1, 0.15) is 22.8 Å². The minimum absolute atomic E-state index is 0.384. The summed E-state index contributed by atoms with van der Waals surface area (Å²) in [4.78, 5) is 24.6. The smallest absolute Gasteiger partial charge is 0.299 e. The summed E-state index contributed by atoms with van der Waals surface area (Å²) >= 11 is 0. The van der Waals surface area contributed by atoms with E-state index in [1.54, 1.807) is 12.1 Å². The third kappa shape index (κ3) is 0.985. The van der Waals surface area contributed by atoms with E-state index in [-0.39, 0.29) is 5.78 Å². The van der Waals surface area contributed by atoms with Gasteiger partial charge in [0.1, 0.15) is 0 Å². The summed E-state index contributed by atoms with van der Waals surface area (Å²) in [5.41, 5.74) is 2.30. The Bertz CT molecular complexity index is 423. The van der Waals surface area contributed by atoms with Crippen LogP contribution in [0.15, 0.2) is 18.2 Å². The molecule has 14 heavy (non-hydrogen) atoms. The number of fused-ring (bicyclic) bond motifs is 1. The van der Waals surface area contributed by atoms with Gasteiger partial charge in [0, 0.05) is 6.54 Å². The van der Waals surface area contributed by atoms with E-state index in [0.717, 1.165) is 11.3 Å². The average molecular weight is 189 g/mol. The predicted molar refractivity (Wildman–Crippen MR) is 53.5 cm³/mol. The summed E-state index contributed by atoms with van der Waals surface area (Å²) in [7, 11) is 0. The van der Waals surface area contributed by atoms with Crippen molar-refractivity contribution in [2.24, 2.45) is 0 Å². The van der Waals surface area contributed by atoms with E-state index in [9.17, 15) is 9.59 Å². The lowest BCUT2D eigenvalue weighted by molar-refractivity contribution is -0.114. The summed E-state index contributed by atoms with van der Waals surface area (Å²) in [6.45, 7) is 4.32. The number of aryl methyl sites for hydroxylation is 1. The first kappa shape index (κ1) is 8.94. The van der Waals surface area contributed by atoms with Crippen LogP contribution in [0.25, 0.3) is 0 Å². The molecular formula is C11H11NO2. The summed E-state index contributed by atoms with van der Waals surface area (Å²) in [6, 6.07) is 5.42. The molecule has 0 bridgehead atoms. The molecule has 1 amide bonds. The molecule has 0 radical (unpaired) electrons. The molecule has 3 heteroatoms. The van der Waals surface area contributed by atoms with E-state index in [1.165, 1.54) is 4.90 Å². The second kappa shape index (κ2) is 2.94. The molecule has 0 aliphatic carbocycles. The van der Waals surface area contributed by atoms with Gasteiger partial charge in [-0.05, 0) is 25.5 Å². The van der Waals surface area contributed by atoms with Gasteiger partial charge in [0.25, 0.3) is 11.7 Å². The largest absolute Gasteiger partial charge is 0.305 e. The topological polar surface area (TPSA) is 37.4 Å². The van der Waals surface area contributed by atoms with E-state index >= 15 is 0 Å². The maximum atomic E-state index is 11.5. The van der Waals surface area contributed by atoms with Crippen LogP contribution in [0.2, 0.25) is 0 Å². The number of carbonyl (C=O) groups excluding carboxylic acids is 2. The lowest BCUT2D eigenvalue weighted by Crippen LogP contribution is -2.29. The summed E-state index contributed by atoms with van der Waals surface area (Å²) in [5, 5.41) is 0. The van der Waals surface area contributed by atoms with E-state index in [4.69, 9.17) is 0 Å². The molecule has 1 aromatic carbocycles. The number of hydrogen-bond donors (Lipinski definition) is 0. The first-order valence-electron chi connectivity index (χ1n) is 4.62. The van der Waals surface area contributed by atoms with Crippen molar-refractivity contribution in [3.8, 4) is 0 Å². The van der Waals surface area contributed by atoms with Gasteiger partial charge in [-0.1, -0.05) is 12.1 Å². The zero-order valence-electron chi connectivity index (χ0n) is 8.20. The van der Waals surface area contributed by atoms with Crippen LogP contribution in [-0.4, -0.2) is 18.2 Å². The maximum absolute atomic E-state index is 11.5. The fourth-order valence-corrected chi connectivity index (χ4v) is 1.84. The molecule has 1 aliphatic rings. The van der Waals surface area contributed by atoms with Gasteiger partial charge in [-0.2, -0.15) is 0 Å². The van der Waals surface area contributed by atoms with Gasteiger partial charge in [-0.3, -0.25) is 9.59 Å². The second-order valence-electron chi connectivity index (χ2n) is 3.35. The molecule has 0 atom stereocenters. The summed E-state index contributed by atoms with van der Waals surface area (Å²) in [6.07, 6.45) is 0. The fourth-order valence-electron chi connectivity index (χ4n) is 1.84. The Hall–Kier alpha value is -1.64. The molecule has 1 aromatic rings. The van der Waals surface area contributed by atoms with E-state index < -0.39 is 5.91 Å². The molecule has 72 valence electrons. The average Bonchev–Trinajstić information content (AvgIpc) is 2.43. The molecule has 0 spiro atoms. The van der Waals surface area contributed by atoms with Gasteiger partial charge >= 0.3 is 0 Å². The van der Waals surface area contributed by atoms with Gasteiger partial charge in [0.15, 0.2) is 0 Å². The normalized spacial score (nSPS) is 14.9. The lowest BCUT2D eigenvalue weighted by atomic mass is 10.1. The zero-order valence-corrected chi connectivity index (χ0v) is 8.20. The Kier molecular flexibility index (Phi) is 1.88. The van der Waals surface area contributed by atoms with Crippen molar-refractivity contribution in [2.75, 3.05) is 11.4 Å². The van der Waals surface area contributed by atoms with Crippen molar-refractivity contribution >= 4 is 17.4 Å². The van der Waals surface area contributed by atoms with Crippen LogP contribution in [0.4, 0.5) is 5.69 Å². The molecule has 0 aromatic heterocycles. The number of anilines is 1. The fraction of sp³-hybridized carbons (Fsp3) is 0.273. The van der Waals surface area contributed by atoms with Crippen LogP contribution in [-0.2, 0) is 4.79 Å². The number of rotatable bonds is 1. The van der Waals surface area contributed by atoms with Crippen LogP contribution >= 0.6 is 0 Å². The standard InChI is InChI=1S/C11H11NO2/c1-3-12-9-7(2)5-4-6-8(9)10(13)11(12)14/h4-6H,3H2,1-2H3. The molecule has 2 rings (SSSR count). The minimum atomic E-state index is -0.406. The highest BCUT2D eigenvalue weighted by Crippen LogP contribution is 2.31. The Morgan fingerprint density at radius 1 is 1.29 bits per heavy atom. The molecule has 3 nitrogen and oxygen atoms in total. The number of carbonyl (C=O) groups is 2. The number of amides is 1. The molecule has 0 N–H and O–H groups in total. The number of ketones is 1. The Balaban J connectivity index is 2.68. The molecule has 0 fully saturated rings. The third-order valence-electron chi connectivity index (χ3n) is 2.51. The number of para-hydroxylation sites is 1. The van der Waals surface area contributed by atoms with Gasteiger partial charge in [-0.25, -0.2) is 0 Å². The zero-order chi connectivity index (χ0) is 10.3. The van der Waals surface area contributed by atoms with Crippen molar-refractivity contribution < 1.29 is 9.59 Å². The van der Waals surface area contributed by atoms with E-state index in [2.05, 4.69) is 0 Å². The molecule has 1 aliphatic heterocycles. The van der Waals surface area contributed by atoms with Crippen molar-refractivity contribution in [1.29, 1.82) is 0 Å². The van der Waals surface area contributed by atoms with Crippen molar-refractivity contribution in [3.63, 3.8) is 0 Å². The Labute approximate surface area is 82.3 Å². The van der Waals surface area contributed by atoms with Gasteiger partial charge < -0.3 is 4.90 Å². The SMILES string of the molecule is CCN1C(=O)C(=O)c2cccc(C)c21. The summed E-state index contributed by atoms with van der Waals surface area (Å²) < 4.78 is 0. The first-order valence-corrected chi connectivity index (χ1v) is 4.62. The highest BCUT2D eigenvalue weighted by molar-refractivity contribution is 6.52. The lowest BCUT2D eigenvalue weighted by Gasteiger charge is -2.15. The second-order valence-corrected chi connectivity index (χ2v) is 3.35.